The Morgan fingerprint density at radius 1 is 1.29 bits per heavy atom. The highest BCUT2D eigenvalue weighted by Gasteiger charge is 2.23. The van der Waals surface area contributed by atoms with Crippen LogP contribution in [0.4, 0.5) is 0 Å². The molecule has 124 valence electrons. The van der Waals surface area contributed by atoms with Crippen molar-refractivity contribution in [2.45, 2.75) is 31.4 Å². The topological polar surface area (TPSA) is 130 Å². The lowest BCUT2D eigenvalue weighted by Gasteiger charge is -2.29. The van der Waals surface area contributed by atoms with E-state index in [0.29, 0.717) is 11.0 Å². The van der Waals surface area contributed by atoms with Crippen molar-refractivity contribution in [3.05, 3.63) is 0 Å². The summed E-state index contributed by atoms with van der Waals surface area (Å²) in [5.74, 6) is -3.17. The number of rotatable bonds is 9. The molecule has 21 heavy (non-hydrogen) atoms. The standard InChI is InChI=1S/C12H22N2O6.ClH/c1-14(2,3)7-8(6-10(15)16)20-11(17)5-4-9(13)12(18)19;/h8-9H,4-7,13H2,1-3H3,(H-,15,16,18,19);1H/t8?,9-;/m0./s1. The number of hydrogen-bond donors (Lipinski definition) is 2. The first kappa shape index (κ1) is 21.9. The molecule has 0 saturated heterocycles. The molecule has 0 rings (SSSR count). The summed E-state index contributed by atoms with van der Waals surface area (Å²) in [5.41, 5.74) is 5.26. The van der Waals surface area contributed by atoms with Crippen molar-refractivity contribution in [1.82, 2.24) is 0 Å². The number of aliphatic carboxylic acids is 2. The molecule has 0 aliphatic heterocycles. The molecular weight excluding hydrogens is 304 g/mol. The van der Waals surface area contributed by atoms with Crippen LogP contribution in [0.1, 0.15) is 19.3 Å². The Labute approximate surface area is 129 Å². The Morgan fingerprint density at radius 2 is 1.81 bits per heavy atom. The van der Waals surface area contributed by atoms with Gasteiger partial charge < -0.3 is 30.0 Å². The molecule has 0 spiro atoms. The number of quaternary nitrogens is 1. The van der Waals surface area contributed by atoms with Crippen LogP contribution in [0, 0.1) is 0 Å². The molecule has 0 saturated carbocycles. The maximum atomic E-state index is 11.6. The number of carbonyl (C=O) groups excluding carboxylic acids is 2. The average molecular weight is 327 g/mol. The molecule has 0 bridgehead atoms. The SMILES string of the molecule is C[N+](C)(C)CC(CC(=O)[O-])OC(=O)CC[C@H](N)C(=O)O.Cl. The van der Waals surface area contributed by atoms with Crippen molar-refractivity contribution in [2.24, 2.45) is 5.73 Å². The highest BCUT2D eigenvalue weighted by atomic mass is 35.5. The van der Waals surface area contributed by atoms with Crippen LogP contribution in [0.5, 0.6) is 0 Å². The van der Waals surface area contributed by atoms with Crippen molar-refractivity contribution in [3.63, 3.8) is 0 Å². The third-order valence-corrected chi connectivity index (χ3v) is 2.42. The molecule has 2 atom stereocenters. The molecule has 0 radical (unpaired) electrons. The summed E-state index contributed by atoms with van der Waals surface area (Å²) in [6.07, 6.45) is -1.44. The van der Waals surface area contributed by atoms with Crippen molar-refractivity contribution in [1.29, 1.82) is 0 Å². The van der Waals surface area contributed by atoms with Gasteiger partial charge in [0.2, 0.25) is 0 Å². The van der Waals surface area contributed by atoms with Gasteiger partial charge in [-0.1, -0.05) is 0 Å². The van der Waals surface area contributed by atoms with Crippen LogP contribution in [-0.2, 0) is 19.1 Å². The molecule has 3 N–H and O–H groups in total. The van der Waals surface area contributed by atoms with Gasteiger partial charge in [-0.2, -0.15) is 0 Å². The summed E-state index contributed by atoms with van der Waals surface area (Å²) in [4.78, 5) is 32.7. The van der Waals surface area contributed by atoms with Gasteiger partial charge in [0.1, 0.15) is 12.6 Å². The first-order chi connectivity index (χ1) is 9.01. The zero-order valence-corrected chi connectivity index (χ0v) is 13.2. The molecule has 0 aliphatic rings. The van der Waals surface area contributed by atoms with Crippen molar-refractivity contribution in [2.75, 3.05) is 27.7 Å². The number of carbonyl (C=O) groups is 3. The van der Waals surface area contributed by atoms with E-state index in [4.69, 9.17) is 15.6 Å². The zero-order chi connectivity index (χ0) is 15.9. The summed E-state index contributed by atoms with van der Waals surface area (Å²) in [7, 11) is 5.49. The quantitative estimate of drug-likeness (QED) is 0.384. The Morgan fingerprint density at radius 3 is 2.19 bits per heavy atom. The van der Waals surface area contributed by atoms with Gasteiger partial charge in [0, 0.05) is 18.8 Å². The summed E-state index contributed by atoms with van der Waals surface area (Å²) in [6, 6.07) is -1.14. The second-order valence-electron chi connectivity index (χ2n) is 5.64. The summed E-state index contributed by atoms with van der Waals surface area (Å²) < 4.78 is 5.46. The van der Waals surface area contributed by atoms with Crippen LogP contribution in [-0.4, -0.2) is 67.3 Å². The van der Waals surface area contributed by atoms with Crippen molar-refractivity contribution in [3.8, 4) is 0 Å². The molecule has 0 fully saturated rings. The highest BCUT2D eigenvalue weighted by Crippen LogP contribution is 2.07. The van der Waals surface area contributed by atoms with E-state index in [9.17, 15) is 19.5 Å². The van der Waals surface area contributed by atoms with Gasteiger partial charge in [-0.15, -0.1) is 12.4 Å². The number of carboxylic acid groups (broad SMARTS) is 2. The van der Waals surface area contributed by atoms with Crippen LogP contribution in [0.25, 0.3) is 0 Å². The Balaban J connectivity index is 0. The Kier molecular flexibility index (Phi) is 9.95. The molecule has 0 aromatic heterocycles. The number of nitrogens with two attached hydrogens (primary N) is 1. The van der Waals surface area contributed by atoms with Crippen LogP contribution in [0.2, 0.25) is 0 Å². The normalized spacial score (nSPS) is 13.7. The van der Waals surface area contributed by atoms with Gasteiger partial charge in [0.15, 0.2) is 6.10 Å². The fraction of sp³-hybridized carbons (Fsp3) is 0.750. The number of carboxylic acids is 2. The number of likely N-dealkylation sites (N-methyl/N-ethyl adjacent to an activating group) is 1. The van der Waals surface area contributed by atoms with Gasteiger partial charge in [0.05, 0.1) is 21.1 Å². The molecule has 0 heterocycles. The fourth-order valence-corrected chi connectivity index (χ4v) is 1.58. The van der Waals surface area contributed by atoms with Gasteiger partial charge in [0.25, 0.3) is 0 Å². The van der Waals surface area contributed by atoms with Crippen LogP contribution >= 0.6 is 12.4 Å². The number of nitrogens with zero attached hydrogens (tertiary/aromatic N) is 1. The predicted molar refractivity (Wildman–Crippen MR) is 74.5 cm³/mol. The third-order valence-electron chi connectivity index (χ3n) is 2.42. The van der Waals surface area contributed by atoms with Gasteiger partial charge in [-0.3, -0.25) is 9.59 Å². The maximum Gasteiger partial charge on any atom is 0.320 e. The van der Waals surface area contributed by atoms with Crippen LogP contribution in [0.3, 0.4) is 0 Å². The highest BCUT2D eigenvalue weighted by molar-refractivity contribution is 5.85. The fourth-order valence-electron chi connectivity index (χ4n) is 1.58. The van der Waals surface area contributed by atoms with E-state index in [1.165, 1.54) is 0 Å². The van der Waals surface area contributed by atoms with E-state index in [0.717, 1.165) is 0 Å². The van der Waals surface area contributed by atoms with Gasteiger partial charge in [-0.05, 0) is 6.42 Å². The summed E-state index contributed by atoms with van der Waals surface area (Å²) in [5, 5.41) is 19.2. The molecule has 0 aromatic carbocycles. The Bertz CT molecular complexity index is 369. The lowest BCUT2D eigenvalue weighted by Crippen LogP contribution is -2.45. The van der Waals surface area contributed by atoms with E-state index in [1.807, 2.05) is 21.1 Å². The number of hydrogen-bond acceptors (Lipinski definition) is 6. The molecular formula is C12H23ClN2O6. The minimum Gasteiger partial charge on any atom is -0.550 e. The number of esters is 1. The average Bonchev–Trinajstić information content (AvgIpc) is 2.21. The molecule has 0 aromatic rings. The first-order valence-electron chi connectivity index (χ1n) is 6.19. The minimum absolute atomic E-state index is 0. The molecule has 0 aliphatic carbocycles. The van der Waals surface area contributed by atoms with E-state index in [-0.39, 0.29) is 25.2 Å². The van der Waals surface area contributed by atoms with Gasteiger partial charge in [-0.25, -0.2) is 0 Å². The largest absolute Gasteiger partial charge is 0.550 e. The lowest BCUT2D eigenvalue weighted by molar-refractivity contribution is -0.873. The van der Waals surface area contributed by atoms with Crippen LogP contribution in [0.15, 0.2) is 0 Å². The molecule has 1 unspecified atom stereocenters. The lowest BCUT2D eigenvalue weighted by atomic mass is 10.1. The minimum atomic E-state index is -1.31. The monoisotopic (exact) mass is 326 g/mol. The van der Waals surface area contributed by atoms with Crippen LogP contribution < -0.4 is 10.8 Å². The maximum absolute atomic E-state index is 11.6. The van der Waals surface area contributed by atoms with E-state index in [1.54, 1.807) is 0 Å². The molecule has 8 nitrogen and oxygen atoms in total. The van der Waals surface area contributed by atoms with Crippen molar-refractivity contribution >= 4 is 30.3 Å². The first-order valence-corrected chi connectivity index (χ1v) is 6.19. The number of halogens is 1. The second-order valence-corrected chi connectivity index (χ2v) is 5.64. The molecule has 0 amide bonds. The van der Waals surface area contributed by atoms with E-state index < -0.39 is 36.5 Å². The van der Waals surface area contributed by atoms with E-state index >= 15 is 0 Å². The van der Waals surface area contributed by atoms with E-state index in [2.05, 4.69) is 0 Å². The predicted octanol–water partition coefficient (Wildman–Crippen LogP) is -1.64. The molecule has 9 heteroatoms. The summed E-state index contributed by atoms with van der Waals surface area (Å²) >= 11 is 0. The number of ether oxygens (including phenoxy) is 1. The smallest absolute Gasteiger partial charge is 0.320 e. The second kappa shape index (κ2) is 9.54. The van der Waals surface area contributed by atoms with Gasteiger partial charge >= 0.3 is 11.9 Å². The van der Waals surface area contributed by atoms with Crippen molar-refractivity contribution < 1.29 is 33.8 Å². The summed E-state index contributed by atoms with van der Waals surface area (Å²) in [6.45, 7) is 0.310. The zero-order valence-electron chi connectivity index (χ0n) is 12.4. The Hall–Kier alpha value is -1.38. The third kappa shape index (κ3) is 12.1.